The van der Waals surface area contributed by atoms with Crippen molar-refractivity contribution in [2.24, 2.45) is 0 Å². The molecule has 0 heterocycles. The molecule has 0 saturated heterocycles. The molecule has 0 aliphatic rings. The van der Waals surface area contributed by atoms with Gasteiger partial charge in [0.1, 0.15) is 23.9 Å². The highest BCUT2D eigenvalue weighted by atomic mass is 16.5. The molecule has 0 spiro atoms. The van der Waals surface area contributed by atoms with Gasteiger partial charge in [0.2, 0.25) is 5.75 Å². The van der Waals surface area contributed by atoms with E-state index in [1.807, 2.05) is 0 Å². The number of carboxylic acids is 1. The van der Waals surface area contributed by atoms with Crippen molar-refractivity contribution in [3.63, 3.8) is 0 Å². The zero-order valence-corrected chi connectivity index (χ0v) is 22.2. The minimum Gasteiger partial charge on any atom is -0.508 e. The third-order valence-electron chi connectivity index (χ3n) is 5.84. The van der Waals surface area contributed by atoms with E-state index in [2.05, 4.69) is 0 Å². The van der Waals surface area contributed by atoms with Crippen LogP contribution in [0.3, 0.4) is 0 Å². The van der Waals surface area contributed by atoms with Crippen molar-refractivity contribution in [3.8, 4) is 34.5 Å². The number of carbonyl (C=O) groups excluding carboxylic acids is 1. The number of allylic oxidation sites excluding steroid dienone is 2. The fraction of sp³-hybridized carbons (Fsp3) is 0.161. The fourth-order valence-corrected chi connectivity index (χ4v) is 3.70. The lowest BCUT2D eigenvalue weighted by atomic mass is 10.0. The summed E-state index contributed by atoms with van der Waals surface area (Å²) < 4.78 is 16.7. The van der Waals surface area contributed by atoms with E-state index in [9.17, 15) is 24.9 Å². The number of hydrogen-bond acceptors (Lipinski definition) is 8. The molecule has 0 unspecified atom stereocenters. The summed E-state index contributed by atoms with van der Waals surface area (Å²) in [5.41, 5.74) is 2.23. The Labute approximate surface area is 231 Å². The molecule has 9 heteroatoms. The molecule has 0 aliphatic carbocycles. The van der Waals surface area contributed by atoms with Crippen molar-refractivity contribution in [1.82, 2.24) is 0 Å². The predicted octanol–water partition coefficient (Wildman–Crippen LogP) is 5.38. The second-order valence-corrected chi connectivity index (χ2v) is 8.72. The standard InChI is InChI=1S/C31H30O9/c1-19(18-40-31-27(38-2)16-21(8-15-29(35)36)17-28(31)39-3)4-11-23-26(34)14-12-24(30(23)37)25(33)13-7-20-5-9-22(32)10-6-20/h4-10,12-17,32,34,37H,11,18H2,1-3H3,(H,35,36)/b13-7+,15-8+,19-4-. The maximum Gasteiger partial charge on any atom is 0.328 e. The molecule has 0 aromatic heterocycles. The maximum absolute atomic E-state index is 12.7. The van der Waals surface area contributed by atoms with Gasteiger partial charge < -0.3 is 34.6 Å². The van der Waals surface area contributed by atoms with Crippen LogP contribution in [0.15, 0.2) is 72.3 Å². The molecule has 0 radical (unpaired) electrons. The van der Waals surface area contributed by atoms with Crippen LogP contribution in [0.1, 0.15) is 34.0 Å². The van der Waals surface area contributed by atoms with Gasteiger partial charge in [-0.05, 0) is 78.6 Å². The number of benzene rings is 3. The minimum atomic E-state index is -1.09. The van der Waals surface area contributed by atoms with Crippen molar-refractivity contribution in [3.05, 3.63) is 94.6 Å². The van der Waals surface area contributed by atoms with Crippen LogP contribution in [0.4, 0.5) is 0 Å². The molecule has 40 heavy (non-hydrogen) atoms. The third kappa shape index (κ3) is 7.67. The van der Waals surface area contributed by atoms with Crippen LogP contribution in [0, 0.1) is 0 Å². The summed E-state index contributed by atoms with van der Waals surface area (Å²) in [4.78, 5) is 23.6. The Morgan fingerprint density at radius 3 is 2.08 bits per heavy atom. The number of phenols is 3. The average Bonchev–Trinajstić information content (AvgIpc) is 2.94. The van der Waals surface area contributed by atoms with Gasteiger partial charge in [-0.2, -0.15) is 0 Å². The average molecular weight is 547 g/mol. The first-order chi connectivity index (χ1) is 19.1. The van der Waals surface area contributed by atoms with E-state index in [0.717, 1.165) is 11.6 Å². The lowest BCUT2D eigenvalue weighted by Crippen LogP contribution is -2.04. The molecule has 0 atom stereocenters. The highest BCUT2D eigenvalue weighted by Crippen LogP contribution is 2.39. The topological polar surface area (TPSA) is 143 Å². The fourth-order valence-electron chi connectivity index (χ4n) is 3.70. The molecule has 9 nitrogen and oxygen atoms in total. The Kier molecular flexibility index (Phi) is 9.96. The van der Waals surface area contributed by atoms with E-state index in [0.29, 0.717) is 28.4 Å². The van der Waals surface area contributed by atoms with Crippen LogP contribution in [0.5, 0.6) is 34.5 Å². The summed E-state index contributed by atoms with van der Waals surface area (Å²) in [5.74, 6) is -0.886. The quantitative estimate of drug-likeness (QED) is 0.134. The first-order valence-corrected chi connectivity index (χ1v) is 12.1. The van der Waals surface area contributed by atoms with E-state index in [1.54, 1.807) is 43.3 Å². The Bertz CT molecular complexity index is 1440. The Morgan fingerprint density at radius 1 is 0.850 bits per heavy atom. The molecular weight excluding hydrogens is 516 g/mol. The van der Waals surface area contributed by atoms with E-state index in [1.165, 1.54) is 50.6 Å². The molecule has 0 bridgehead atoms. The largest absolute Gasteiger partial charge is 0.508 e. The van der Waals surface area contributed by atoms with Crippen molar-refractivity contribution in [2.45, 2.75) is 13.3 Å². The van der Waals surface area contributed by atoms with Crippen LogP contribution < -0.4 is 14.2 Å². The van der Waals surface area contributed by atoms with Crippen LogP contribution in [0.25, 0.3) is 12.2 Å². The van der Waals surface area contributed by atoms with Gasteiger partial charge in [0.15, 0.2) is 17.3 Å². The number of methoxy groups -OCH3 is 2. The molecular formula is C31H30O9. The van der Waals surface area contributed by atoms with Gasteiger partial charge in [-0.3, -0.25) is 4.79 Å². The van der Waals surface area contributed by atoms with E-state index < -0.39 is 11.8 Å². The van der Waals surface area contributed by atoms with Gasteiger partial charge >= 0.3 is 5.97 Å². The van der Waals surface area contributed by atoms with Crippen LogP contribution in [0.2, 0.25) is 0 Å². The molecule has 0 fully saturated rings. The Balaban J connectivity index is 1.75. The molecule has 208 valence electrons. The van der Waals surface area contributed by atoms with E-state index >= 15 is 0 Å². The molecule has 0 saturated carbocycles. The van der Waals surface area contributed by atoms with Gasteiger partial charge in [0, 0.05) is 11.6 Å². The minimum absolute atomic E-state index is 0.0386. The summed E-state index contributed by atoms with van der Waals surface area (Å²) in [7, 11) is 2.91. The zero-order valence-electron chi connectivity index (χ0n) is 22.2. The summed E-state index contributed by atoms with van der Waals surface area (Å²) in [5, 5.41) is 39.4. The lowest BCUT2D eigenvalue weighted by Gasteiger charge is -2.16. The second-order valence-electron chi connectivity index (χ2n) is 8.72. The van der Waals surface area contributed by atoms with Gasteiger partial charge in [-0.15, -0.1) is 0 Å². The first-order valence-electron chi connectivity index (χ1n) is 12.1. The molecule has 4 N–H and O–H groups in total. The highest BCUT2D eigenvalue weighted by Gasteiger charge is 2.17. The smallest absolute Gasteiger partial charge is 0.328 e. The van der Waals surface area contributed by atoms with Gasteiger partial charge in [0.25, 0.3) is 0 Å². The van der Waals surface area contributed by atoms with Crippen LogP contribution in [-0.2, 0) is 11.2 Å². The summed E-state index contributed by atoms with van der Waals surface area (Å²) in [6, 6.07) is 12.2. The Hall–Kier alpha value is -5.18. The molecule has 3 rings (SSSR count). The van der Waals surface area contributed by atoms with Gasteiger partial charge in [0.05, 0.1) is 19.8 Å². The van der Waals surface area contributed by atoms with Crippen molar-refractivity contribution in [1.29, 1.82) is 0 Å². The number of aromatic hydroxyl groups is 3. The SMILES string of the molecule is COc1cc(/C=C/C(=O)O)cc(OC)c1OC/C(C)=C\Cc1c(O)ccc(C(=O)/C=C/c2ccc(O)cc2)c1O. The molecule has 3 aromatic carbocycles. The molecule has 3 aromatic rings. The number of hydrogen-bond donors (Lipinski definition) is 4. The van der Waals surface area contributed by atoms with Crippen LogP contribution in [-0.4, -0.2) is 53.0 Å². The molecule has 0 aliphatic heterocycles. The number of phenolic OH excluding ortho intramolecular Hbond substituents is 3. The summed E-state index contributed by atoms with van der Waals surface area (Å²) in [6.07, 6.45) is 7.15. The number of ketones is 1. The van der Waals surface area contributed by atoms with E-state index in [-0.39, 0.29) is 41.4 Å². The number of rotatable bonds is 12. The number of ether oxygens (including phenoxy) is 3. The normalized spacial score (nSPS) is 11.6. The maximum atomic E-state index is 12.7. The summed E-state index contributed by atoms with van der Waals surface area (Å²) >= 11 is 0. The second kappa shape index (κ2) is 13.6. The number of carboxylic acid groups (broad SMARTS) is 1. The lowest BCUT2D eigenvalue weighted by molar-refractivity contribution is -0.131. The third-order valence-corrected chi connectivity index (χ3v) is 5.84. The van der Waals surface area contributed by atoms with Crippen molar-refractivity contribution >= 4 is 23.9 Å². The predicted molar refractivity (Wildman–Crippen MR) is 150 cm³/mol. The number of aliphatic carboxylic acids is 1. The Morgan fingerprint density at radius 2 is 1.48 bits per heavy atom. The van der Waals surface area contributed by atoms with E-state index in [4.69, 9.17) is 19.3 Å². The molecule has 0 amide bonds. The monoisotopic (exact) mass is 546 g/mol. The van der Waals surface area contributed by atoms with Crippen LogP contribution >= 0.6 is 0 Å². The van der Waals surface area contributed by atoms with Crippen molar-refractivity contribution < 1.29 is 44.2 Å². The first kappa shape index (κ1) is 29.4. The van der Waals surface area contributed by atoms with Gasteiger partial charge in [-0.1, -0.05) is 24.3 Å². The van der Waals surface area contributed by atoms with Crippen molar-refractivity contribution in [2.75, 3.05) is 20.8 Å². The number of carbonyl (C=O) groups is 2. The highest BCUT2D eigenvalue weighted by molar-refractivity contribution is 6.09. The zero-order chi connectivity index (χ0) is 29.2. The van der Waals surface area contributed by atoms with Gasteiger partial charge in [-0.25, -0.2) is 4.79 Å². The summed E-state index contributed by atoms with van der Waals surface area (Å²) in [6.45, 7) is 1.92.